The van der Waals surface area contributed by atoms with E-state index in [0.29, 0.717) is 5.75 Å². The first-order valence-corrected chi connectivity index (χ1v) is 6.30. The van der Waals surface area contributed by atoms with Gasteiger partial charge in [-0.1, -0.05) is 30.3 Å². The van der Waals surface area contributed by atoms with Crippen LogP contribution in [0.25, 0.3) is 0 Å². The Morgan fingerprint density at radius 3 is 2.53 bits per heavy atom. The van der Waals surface area contributed by atoms with Gasteiger partial charge in [-0.2, -0.15) is 4.21 Å². The summed E-state index contributed by atoms with van der Waals surface area (Å²) >= 11 is -1.58. The van der Waals surface area contributed by atoms with Crippen LogP contribution in [0.5, 0.6) is 5.75 Å². The quantitative estimate of drug-likeness (QED) is 0.901. The molecule has 0 aromatic heterocycles. The first-order valence-electron chi connectivity index (χ1n) is 5.22. The molecule has 0 heterocycles. The van der Waals surface area contributed by atoms with E-state index in [-0.39, 0.29) is 0 Å². The predicted octanol–water partition coefficient (Wildman–Crippen LogP) is 3.06. The van der Waals surface area contributed by atoms with E-state index < -0.39 is 11.3 Å². The molecule has 2 aromatic rings. The molecular formula is C13H13NO2S. The van der Waals surface area contributed by atoms with Gasteiger partial charge < -0.3 is 4.18 Å². The molecule has 0 saturated carbocycles. The summed E-state index contributed by atoms with van der Waals surface area (Å²) in [6.45, 7) is 1.98. The van der Waals surface area contributed by atoms with E-state index in [0.717, 1.165) is 11.3 Å². The third-order valence-corrected chi connectivity index (χ3v) is 2.88. The number of hydrogen-bond donors (Lipinski definition) is 1. The van der Waals surface area contributed by atoms with Crippen LogP contribution in [0.1, 0.15) is 5.56 Å². The van der Waals surface area contributed by atoms with Crippen LogP contribution in [0.4, 0.5) is 5.69 Å². The number of anilines is 1. The molecule has 0 amide bonds. The standard InChI is InChI=1S/C13H13NO2S/c1-11-6-5-7-12(10-11)14-17(15)16-13-8-3-2-4-9-13/h2-10,14H,1H3. The lowest BCUT2D eigenvalue weighted by molar-refractivity contribution is 0.567. The Morgan fingerprint density at radius 2 is 1.82 bits per heavy atom. The zero-order chi connectivity index (χ0) is 12.1. The SMILES string of the molecule is Cc1cccc(NS(=O)Oc2ccccc2)c1. The summed E-state index contributed by atoms with van der Waals surface area (Å²) in [5, 5.41) is 0. The van der Waals surface area contributed by atoms with Crippen LogP contribution in [0.2, 0.25) is 0 Å². The van der Waals surface area contributed by atoms with Gasteiger partial charge in [0, 0.05) is 5.69 Å². The fraction of sp³-hybridized carbons (Fsp3) is 0.0769. The Bertz CT molecular complexity index is 514. The van der Waals surface area contributed by atoms with Crippen LogP contribution in [-0.4, -0.2) is 4.21 Å². The molecule has 0 spiro atoms. The summed E-state index contributed by atoms with van der Waals surface area (Å²) < 4.78 is 19.7. The lowest BCUT2D eigenvalue weighted by atomic mass is 10.2. The summed E-state index contributed by atoms with van der Waals surface area (Å²) in [5.74, 6) is 0.575. The Kier molecular flexibility index (Phi) is 3.77. The first kappa shape index (κ1) is 11.7. The van der Waals surface area contributed by atoms with Crippen molar-refractivity contribution in [2.24, 2.45) is 0 Å². The van der Waals surface area contributed by atoms with Gasteiger partial charge in [0.05, 0.1) is 0 Å². The van der Waals surface area contributed by atoms with Crippen molar-refractivity contribution in [3.05, 3.63) is 60.2 Å². The van der Waals surface area contributed by atoms with Crippen LogP contribution in [-0.2, 0) is 11.3 Å². The highest BCUT2D eigenvalue weighted by Gasteiger charge is 2.02. The molecule has 0 aliphatic carbocycles. The van der Waals surface area contributed by atoms with Gasteiger partial charge >= 0.3 is 11.3 Å². The minimum absolute atomic E-state index is 0.575. The van der Waals surface area contributed by atoms with Gasteiger partial charge in [0.15, 0.2) is 0 Å². The molecule has 0 fully saturated rings. The topological polar surface area (TPSA) is 38.3 Å². The van der Waals surface area contributed by atoms with E-state index in [1.54, 1.807) is 12.1 Å². The van der Waals surface area contributed by atoms with Gasteiger partial charge in [-0.05, 0) is 36.8 Å². The second-order valence-corrected chi connectivity index (χ2v) is 4.44. The van der Waals surface area contributed by atoms with Crippen molar-refractivity contribution in [1.29, 1.82) is 0 Å². The van der Waals surface area contributed by atoms with E-state index >= 15 is 0 Å². The summed E-state index contributed by atoms with van der Waals surface area (Å²) in [4.78, 5) is 0. The highest BCUT2D eigenvalue weighted by molar-refractivity contribution is 7.81. The maximum atomic E-state index is 11.7. The normalized spacial score (nSPS) is 11.8. The van der Waals surface area contributed by atoms with E-state index in [1.807, 2.05) is 49.4 Å². The van der Waals surface area contributed by atoms with Crippen molar-refractivity contribution < 1.29 is 8.39 Å². The van der Waals surface area contributed by atoms with E-state index in [9.17, 15) is 4.21 Å². The number of para-hydroxylation sites is 1. The maximum absolute atomic E-state index is 11.7. The first-order chi connectivity index (χ1) is 8.24. The van der Waals surface area contributed by atoms with Crippen LogP contribution in [0.15, 0.2) is 54.6 Å². The molecule has 0 saturated heterocycles. The lowest BCUT2D eigenvalue weighted by Crippen LogP contribution is -2.10. The zero-order valence-electron chi connectivity index (χ0n) is 9.42. The Hall–Kier alpha value is -1.81. The Balaban J connectivity index is 1.98. The number of aryl methyl sites for hydroxylation is 1. The molecule has 3 nitrogen and oxygen atoms in total. The average Bonchev–Trinajstić information content (AvgIpc) is 2.30. The van der Waals surface area contributed by atoms with Crippen LogP contribution in [0, 0.1) is 6.92 Å². The molecule has 0 radical (unpaired) electrons. The minimum atomic E-state index is -1.58. The van der Waals surface area contributed by atoms with Crippen LogP contribution in [0.3, 0.4) is 0 Å². The van der Waals surface area contributed by atoms with E-state index in [1.165, 1.54) is 0 Å². The van der Waals surface area contributed by atoms with Gasteiger partial charge in [0.25, 0.3) is 0 Å². The van der Waals surface area contributed by atoms with Gasteiger partial charge in [0.2, 0.25) is 0 Å². The zero-order valence-corrected chi connectivity index (χ0v) is 10.2. The maximum Gasteiger partial charge on any atom is 0.316 e. The van der Waals surface area contributed by atoms with Gasteiger partial charge in [0.1, 0.15) is 5.75 Å². The molecule has 0 aliphatic heterocycles. The molecule has 2 rings (SSSR count). The van der Waals surface area contributed by atoms with E-state index in [4.69, 9.17) is 4.18 Å². The van der Waals surface area contributed by atoms with Crippen molar-refractivity contribution in [1.82, 2.24) is 0 Å². The molecule has 4 heteroatoms. The van der Waals surface area contributed by atoms with Crippen molar-refractivity contribution in [2.75, 3.05) is 4.72 Å². The van der Waals surface area contributed by atoms with Gasteiger partial charge in [-0.15, -0.1) is 0 Å². The third-order valence-electron chi connectivity index (χ3n) is 2.13. The van der Waals surface area contributed by atoms with Crippen molar-refractivity contribution >= 4 is 17.0 Å². The van der Waals surface area contributed by atoms with Gasteiger partial charge in [-0.25, -0.2) is 0 Å². The minimum Gasteiger partial charge on any atom is -0.385 e. The summed E-state index contributed by atoms with van der Waals surface area (Å²) in [7, 11) is 0. The second-order valence-electron chi connectivity index (χ2n) is 3.60. The summed E-state index contributed by atoms with van der Waals surface area (Å²) in [5.41, 5.74) is 1.88. The average molecular weight is 247 g/mol. The number of rotatable bonds is 4. The van der Waals surface area contributed by atoms with Crippen molar-refractivity contribution in [3.8, 4) is 5.75 Å². The van der Waals surface area contributed by atoms with Gasteiger partial charge in [-0.3, -0.25) is 4.72 Å². The van der Waals surface area contributed by atoms with Crippen LogP contribution >= 0.6 is 0 Å². The smallest absolute Gasteiger partial charge is 0.316 e. The molecule has 1 unspecified atom stereocenters. The molecule has 1 atom stereocenters. The third kappa shape index (κ3) is 3.60. The van der Waals surface area contributed by atoms with Crippen molar-refractivity contribution in [2.45, 2.75) is 6.92 Å². The molecule has 1 N–H and O–H groups in total. The number of benzene rings is 2. The monoisotopic (exact) mass is 247 g/mol. The Morgan fingerprint density at radius 1 is 1.06 bits per heavy atom. The number of hydrogen-bond acceptors (Lipinski definition) is 2. The molecular weight excluding hydrogens is 234 g/mol. The fourth-order valence-electron chi connectivity index (χ4n) is 1.39. The molecule has 88 valence electrons. The lowest BCUT2D eigenvalue weighted by Gasteiger charge is -2.07. The van der Waals surface area contributed by atoms with E-state index in [2.05, 4.69) is 4.72 Å². The largest absolute Gasteiger partial charge is 0.385 e. The molecule has 0 bridgehead atoms. The Labute approximate surface area is 103 Å². The highest BCUT2D eigenvalue weighted by atomic mass is 32.2. The molecule has 0 aliphatic rings. The number of nitrogens with one attached hydrogen (secondary N) is 1. The highest BCUT2D eigenvalue weighted by Crippen LogP contribution is 2.13. The summed E-state index contributed by atoms with van der Waals surface area (Å²) in [6.07, 6.45) is 0. The molecule has 2 aromatic carbocycles. The fourth-order valence-corrected chi connectivity index (χ4v) is 2.04. The molecule has 17 heavy (non-hydrogen) atoms. The second kappa shape index (κ2) is 5.50. The summed E-state index contributed by atoms with van der Waals surface area (Å²) in [6, 6.07) is 16.7. The van der Waals surface area contributed by atoms with Crippen molar-refractivity contribution in [3.63, 3.8) is 0 Å². The predicted molar refractivity (Wildman–Crippen MR) is 70.0 cm³/mol. The van der Waals surface area contributed by atoms with Crippen LogP contribution < -0.4 is 8.91 Å².